The Labute approximate surface area is 102 Å². The summed E-state index contributed by atoms with van der Waals surface area (Å²) in [5, 5.41) is 0. The van der Waals surface area contributed by atoms with E-state index in [-0.39, 0.29) is 0 Å². The van der Waals surface area contributed by atoms with Gasteiger partial charge in [-0.1, -0.05) is 12.1 Å². The van der Waals surface area contributed by atoms with E-state index >= 15 is 0 Å². The zero-order valence-corrected chi connectivity index (χ0v) is 11.0. The van der Waals surface area contributed by atoms with E-state index in [1.54, 1.807) is 13.0 Å². The molecule has 0 radical (unpaired) electrons. The van der Waals surface area contributed by atoms with Crippen molar-refractivity contribution in [2.24, 2.45) is 5.73 Å². The fourth-order valence-corrected chi connectivity index (χ4v) is 3.64. The Balaban J connectivity index is 2.35. The molecule has 2 rings (SSSR count). The van der Waals surface area contributed by atoms with Gasteiger partial charge in [-0.2, -0.15) is 0 Å². The molecular formula is C12H18N2O2S. The molecule has 1 fully saturated rings. The maximum Gasteiger partial charge on any atom is 0.241 e. The van der Waals surface area contributed by atoms with E-state index in [1.807, 2.05) is 19.1 Å². The first-order valence-corrected chi connectivity index (χ1v) is 7.18. The van der Waals surface area contributed by atoms with Gasteiger partial charge in [0.05, 0.1) is 4.90 Å². The van der Waals surface area contributed by atoms with Gasteiger partial charge in [-0.15, -0.1) is 0 Å². The molecule has 0 saturated heterocycles. The number of hydrogen-bond donors (Lipinski definition) is 2. The summed E-state index contributed by atoms with van der Waals surface area (Å²) >= 11 is 0. The number of hydrogen-bond acceptors (Lipinski definition) is 3. The average molecular weight is 254 g/mol. The molecule has 17 heavy (non-hydrogen) atoms. The van der Waals surface area contributed by atoms with Crippen LogP contribution in [-0.4, -0.2) is 20.5 Å². The van der Waals surface area contributed by atoms with Crippen LogP contribution >= 0.6 is 0 Å². The lowest BCUT2D eigenvalue weighted by Gasteiger charge is -2.16. The van der Waals surface area contributed by atoms with E-state index in [2.05, 4.69) is 4.72 Å². The van der Waals surface area contributed by atoms with Crippen molar-refractivity contribution >= 4 is 10.0 Å². The van der Waals surface area contributed by atoms with Gasteiger partial charge in [0.2, 0.25) is 10.0 Å². The lowest BCUT2D eigenvalue weighted by molar-refractivity contribution is 0.544. The summed E-state index contributed by atoms with van der Waals surface area (Å²) < 4.78 is 27.2. The number of rotatable bonds is 4. The van der Waals surface area contributed by atoms with E-state index in [0.717, 1.165) is 24.0 Å². The molecule has 0 heterocycles. The standard InChI is InChI=1S/C12H18N2O2S/c1-9-3-4-10(2)11(7-9)17(15,16)14-12(8-13)5-6-12/h3-4,7,14H,5-6,8,13H2,1-2H3. The number of benzene rings is 1. The highest BCUT2D eigenvalue weighted by Crippen LogP contribution is 2.36. The largest absolute Gasteiger partial charge is 0.329 e. The molecule has 0 aliphatic heterocycles. The molecule has 0 bridgehead atoms. The molecule has 94 valence electrons. The van der Waals surface area contributed by atoms with Crippen LogP contribution in [0.2, 0.25) is 0 Å². The maximum atomic E-state index is 12.3. The molecule has 1 aliphatic carbocycles. The van der Waals surface area contributed by atoms with Crippen molar-refractivity contribution < 1.29 is 8.42 Å². The summed E-state index contributed by atoms with van der Waals surface area (Å²) in [7, 11) is -3.45. The molecule has 0 atom stereocenters. The van der Waals surface area contributed by atoms with E-state index in [4.69, 9.17) is 5.73 Å². The number of aryl methyl sites for hydroxylation is 2. The smallest absolute Gasteiger partial charge is 0.241 e. The van der Waals surface area contributed by atoms with Gasteiger partial charge in [0.25, 0.3) is 0 Å². The first-order valence-electron chi connectivity index (χ1n) is 5.70. The molecule has 3 N–H and O–H groups in total. The Morgan fingerprint density at radius 3 is 2.53 bits per heavy atom. The van der Waals surface area contributed by atoms with E-state index in [9.17, 15) is 8.42 Å². The van der Waals surface area contributed by atoms with Gasteiger partial charge in [-0.3, -0.25) is 0 Å². The summed E-state index contributed by atoms with van der Waals surface area (Å²) in [6, 6.07) is 5.43. The van der Waals surface area contributed by atoms with Crippen molar-refractivity contribution in [2.75, 3.05) is 6.54 Å². The van der Waals surface area contributed by atoms with Crippen molar-refractivity contribution in [3.63, 3.8) is 0 Å². The predicted molar refractivity (Wildman–Crippen MR) is 67.3 cm³/mol. The molecule has 1 aliphatic rings. The van der Waals surface area contributed by atoms with Crippen LogP contribution in [0.1, 0.15) is 24.0 Å². The van der Waals surface area contributed by atoms with Crippen LogP contribution in [0.4, 0.5) is 0 Å². The van der Waals surface area contributed by atoms with Crippen LogP contribution in [0.5, 0.6) is 0 Å². The van der Waals surface area contributed by atoms with E-state index in [1.165, 1.54) is 0 Å². The SMILES string of the molecule is Cc1ccc(C)c(S(=O)(=O)NC2(CN)CC2)c1. The molecule has 5 heteroatoms. The van der Waals surface area contributed by atoms with Crippen molar-refractivity contribution in [3.8, 4) is 0 Å². The Morgan fingerprint density at radius 2 is 2.00 bits per heavy atom. The molecule has 0 unspecified atom stereocenters. The molecule has 1 saturated carbocycles. The molecule has 1 aromatic carbocycles. The lowest BCUT2D eigenvalue weighted by atomic mass is 10.2. The highest BCUT2D eigenvalue weighted by Gasteiger charge is 2.44. The minimum Gasteiger partial charge on any atom is -0.329 e. The summed E-state index contributed by atoms with van der Waals surface area (Å²) in [4.78, 5) is 0.359. The third-order valence-corrected chi connectivity index (χ3v) is 4.95. The van der Waals surface area contributed by atoms with E-state index in [0.29, 0.717) is 11.4 Å². The van der Waals surface area contributed by atoms with Gasteiger partial charge in [0.1, 0.15) is 0 Å². The fourth-order valence-electron chi connectivity index (χ4n) is 1.84. The summed E-state index contributed by atoms with van der Waals surface area (Å²) in [6.07, 6.45) is 1.65. The predicted octanol–water partition coefficient (Wildman–Crippen LogP) is 1.07. The van der Waals surface area contributed by atoms with Crippen LogP contribution < -0.4 is 10.5 Å². The van der Waals surface area contributed by atoms with Crippen LogP contribution in [-0.2, 0) is 10.0 Å². The van der Waals surface area contributed by atoms with Gasteiger partial charge in [-0.25, -0.2) is 13.1 Å². The molecular weight excluding hydrogens is 236 g/mol. The van der Waals surface area contributed by atoms with Crippen LogP contribution in [0.3, 0.4) is 0 Å². The number of sulfonamides is 1. The third-order valence-electron chi connectivity index (χ3n) is 3.23. The zero-order chi connectivity index (χ0) is 12.7. The molecule has 0 spiro atoms. The van der Waals surface area contributed by atoms with Crippen LogP contribution in [0.25, 0.3) is 0 Å². The summed E-state index contributed by atoms with van der Waals surface area (Å²) in [5.74, 6) is 0. The minimum atomic E-state index is -3.45. The second-order valence-electron chi connectivity index (χ2n) is 4.86. The maximum absolute atomic E-state index is 12.3. The van der Waals surface area contributed by atoms with Crippen molar-refractivity contribution in [1.29, 1.82) is 0 Å². The number of nitrogens with two attached hydrogens (primary N) is 1. The van der Waals surface area contributed by atoms with Gasteiger partial charge >= 0.3 is 0 Å². The van der Waals surface area contributed by atoms with Crippen molar-refractivity contribution in [1.82, 2.24) is 4.72 Å². The molecule has 0 aromatic heterocycles. The number of nitrogens with one attached hydrogen (secondary N) is 1. The van der Waals surface area contributed by atoms with Gasteiger partial charge in [-0.05, 0) is 43.9 Å². The highest BCUT2D eigenvalue weighted by molar-refractivity contribution is 7.89. The van der Waals surface area contributed by atoms with Crippen LogP contribution in [0, 0.1) is 13.8 Å². The topological polar surface area (TPSA) is 72.2 Å². The Morgan fingerprint density at radius 1 is 1.35 bits per heavy atom. The third kappa shape index (κ3) is 2.51. The monoisotopic (exact) mass is 254 g/mol. The van der Waals surface area contributed by atoms with E-state index < -0.39 is 15.6 Å². The van der Waals surface area contributed by atoms with Crippen molar-refractivity contribution in [2.45, 2.75) is 37.1 Å². The Hall–Kier alpha value is -0.910. The lowest BCUT2D eigenvalue weighted by Crippen LogP contribution is -2.42. The van der Waals surface area contributed by atoms with Crippen molar-refractivity contribution in [3.05, 3.63) is 29.3 Å². The molecule has 4 nitrogen and oxygen atoms in total. The minimum absolute atomic E-state index is 0.358. The molecule has 1 aromatic rings. The molecule has 0 amide bonds. The first kappa shape index (κ1) is 12.5. The normalized spacial score (nSPS) is 18.1. The summed E-state index contributed by atoms with van der Waals surface area (Å²) in [6.45, 7) is 4.04. The van der Waals surface area contributed by atoms with Gasteiger partial charge in [0, 0.05) is 12.1 Å². The Kier molecular flexibility index (Phi) is 3.01. The first-order chi connectivity index (χ1) is 7.88. The quantitative estimate of drug-likeness (QED) is 0.844. The fraction of sp³-hybridized carbons (Fsp3) is 0.500. The van der Waals surface area contributed by atoms with Crippen LogP contribution in [0.15, 0.2) is 23.1 Å². The second kappa shape index (κ2) is 4.08. The zero-order valence-electron chi connectivity index (χ0n) is 10.2. The Bertz CT molecular complexity index is 533. The average Bonchev–Trinajstić information content (AvgIpc) is 3.01. The van der Waals surface area contributed by atoms with Gasteiger partial charge < -0.3 is 5.73 Å². The summed E-state index contributed by atoms with van der Waals surface area (Å²) in [5.41, 5.74) is 6.90. The second-order valence-corrected chi connectivity index (χ2v) is 6.51. The van der Waals surface area contributed by atoms with Gasteiger partial charge in [0.15, 0.2) is 0 Å². The highest BCUT2D eigenvalue weighted by atomic mass is 32.2.